The third-order valence-corrected chi connectivity index (χ3v) is 3.36. The first-order valence-electron chi connectivity index (χ1n) is 7.16. The SMILES string of the molecule is NC(=O)c1ccc(NC(=O)CCc2nc3ccccc3o2)cc1. The fourth-order valence-corrected chi connectivity index (χ4v) is 2.19. The fraction of sp³-hybridized carbons (Fsp3) is 0.118. The van der Waals surface area contributed by atoms with Crippen LogP contribution >= 0.6 is 0 Å². The van der Waals surface area contributed by atoms with E-state index in [4.69, 9.17) is 10.2 Å². The van der Waals surface area contributed by atoms with Gasteiger partial charge in [-0.05, 0) is 36.4 Å². The van der Waals surface area contributed by atoms with Crippen LogP contribution < -0.4 is 11.1 Å². The van der Waals surface area contributed by atoms with Gasteiger partial charge in [0.15, 0.2) is 11.5 Å². The van der Waals surface area contributed by atoms with E-state index < -0.39 is 5.91 Å². The molecule has 0 spiro atoms. The lowest BCUT2D eigenvalue weighted by Crippen LogP contribution is -2.13. The van der Waals surface area contributed by atoms with Gasteiger partial charge in [0.1, 0.15) is 5.52 Å². The highest BCUT2D eigenvalue weighted by Crippen LogP contribution is 2.16. The molecule has 0 atom stereocenters. The Labute approximate surface area is 132 Å². The van der Waals surface area contributed by atoms with Crippen LogP contribution in [0.3, 0.4) is 0 Å². The van der Waals surface area contributed by atoms with Crippen LogP contribution in [0.5, 0.6) is 0 Å². The Bertz CT molecular complexity index is 820. The van der Waals surface area contributed by atoms with Gasteiger partial charge in [0, 0.05) is 24.1 Å². The highest BCUT2D eigenvalue weighted by Gasteiger charge is 2.09. The molecule has 0 aliphatic carbocycles. The molecule has 0 aliphatic rings. The van der Waals surface area contributed by atoms with E-state index in [0.717, 1.165) is 5.52 Å². The Morgan fingerprint density at radius 1 is 1.09 bits per heavy atom. The maximum absolute atomic E-state index is 11.9. The molecular formula is C17H15N3O3. The van der Waals surface area contributed by atoms with Crippen LogP contribution in [0, 0.1) is 0 Å². The molecule has 1 aromatic heterocycles. The summed E-state index contributed by atoms with van der Waals surface area (Å²) in [6.07, 6.45) is 0.671. The van der Waals surface area contributed by atoms with Crippen LogP contribution in [0.15, 0.2) is 52.9 Å². The van der Waals surface area contributed by atoms with Gasteiger partial charge in [-0.2, -0.15) is 0 Å². The molecule has 0 radical (unpaired) electrons. The van der Waals surface area contributed by atoms with Crippen LogP contribution in [0.25, 0.3) is 11.1 Å². The molecule has 3 N–H and O–H groups in total. The number of hydrogen-bond acceptors (Lipinski definition) is 4. The maximum Gasteiger partial charge on any atom is 0.248 e. The van der Waals surface area contributed by atoms with Crippen molar-refractivity contribution in [2.24, 2.45) is 5.73 Å². The number of primary amides is 1. The summed E-state index contributed by atoms with van der Waals surface area (Å²) < 4.78 is 5.57. The average molecular weight is 309 g/mol. The van der Waals surface area contributed by atoms with Crippen LogP contribution in [0.1, 0.15) is 22.7 Å². The van der Waals surface area contributed by atoms with Crippen molar-refractivity contribution in [1.82, 2.24) is 4.98 Å². The molecule has 0 bridgehead atoms. The first kappa shape index (κ1) is 14.8. The van der Waals surface area contributed by atoms with E-state index in [9.17, 15) is 9.59 Å². The minimum Gasteiger partial charge on any atom is -0.441 e. The Morgan fingerprint density at radius 2 is 1.83 bits per heavy atom. The lowest BCUT2D eigenvalue weighted by molar-refractivity contribution is -0.116. The topological polar surface area (TPSA) is 98.2 Å². The quantitative estimate of drug-likeness (QED) is 0.756. The van der Waals surface area contributed by atoms with Gasteiger partial charge in [0.2, 0.25) is 11.8 Å². The number of carbonyl (C=O) groups excluding carboxylic acids is 2. The number of anilines is 1. The van der Waals surface area contributed by atoms with Crippen molar-refractivity contribution >= 4 is 28.6 Å². The predicted octanol–water partition coefficient (Wildman–Crippen LogP) is 2.50. The molecule has 0 aliphatic heterocycles. The molecule has 0 saturated carbocycles. The number of hydrogen-bond donors (Lipinski definition) is 2. The van der Waals surface area contributed by atoms with E-state index in [1.165, 1.54) is 0 Å². The zero-order valence-corrected chi connectivity index (χ0v) is 12.3. The van der Waals surface area contributed by atoms with Gasteiger partial charge in [-0.15, -0.1) is 0 Å². The molecule has 6 nitrogen and oxygen atoms in total. The summed E-state index contributed by atoms with van der Waals surface area (Å²) in [5.41, 5.74) is 7.67. The summed E-state index contributed by atoms with van der Waals surface area (Å²) in [7, 11) is 0. The van der Waals surface area contributed by atoms with E-state index in [1.54, 1.807) is 24.3 Å². The lowest BCUT2D eigenvalue weighted by atomic mass is 10.2. The van der Waals surface area contributed by atoms with E-state index in [0.29, 0.717) is 29.1 Å². The first-order chi connectivity index (χ1) is 11.1. The Morgan fingerprint density at radius 3 is 2.52 bits per heavy atom. The average Bonchev–Trinajstić information content (AvgIpc) is 2.96. The number of oxazole rings is 1. The van der Waals surface area contributed by atoms with Gasteiger partial charge in [0.05, 0.1) is 0 Å². The number of nitrogens with zero attached hydrogens (tertiary/aromatic N) is 1. The minimum atomic E-state index is -0.501. The normalized spacial score (nSPS) is 10.6. The zero-order chi connectivity index (χ0) is 16.2. The zero-order valence-electron chi connectivity index (χ0n) is 12.3. The van der Waals surface area contributed by atoms with Crippen LogP contribution in [0.2, 0.25) is 0 Å². The maximum atomic E-state index is 11.9. The molecule has 116 valence electrons. The minimum absolute atomic E-state index is 0.154. The molecule has 0 fully saturated rings. The van der Waals surface area contributed by atoms with E-state index in [-0.39, 0.29) is 12.3 Å². The number of para-hydroxylation sites is 2. The molecular weight excluding hydrogens is 294 g/mol. The number of rotatable bonds is 5. The highest BCUT2D eigenvalue weighted by atomic mass is 16.3. The second-order valence-electron chi connectivity index (χ2n) is 5.07. The number of nitrogens with two attached hydrogens (primary N) is 1. The van der Waals surface area contributed by atoms with Crippen LogP contribution in [0.4, 0.5) is 5.69 Å². The summed E-state index contributed by atoms with van der Waals surface area (Å²) in [5, 5.41) is 2.75. The molecule has 0 unspecified atom stereocenters. The van der Waals surface area contributed by atoms with E-state index in [2.05, 4.69) is 10.3 Å². The standard InChI is InChI=1S/C17H15N3O3/c18-17(22)11-5-7-12(8-6-11)19-15(21)9-10-16-20-13-3-1-2-4-14(13)23-16/h1-8H,9-10H2,(H2,18,22)(H,19,21). The summed E-state index contributed by atoms with van der Waals surface area (Å²) in [5.74, 6) is -0.122. The number of fused-ring (bicyclic) bond motifs is 1. The summed E-state index contributed by atoms with van der Waals surface area (Å²) in [6.45, 7) is 0. The Hall–Kier alpha value is -3.15. The van der Waals surface area contributed by atoms with Gasteiger partial charge >= 0.3 is 0 Å². The van der Waals surface area contributed by atoms with E-state index >= 15 is 0 Å². The van der Waals surface area contributed by atoms with Gasteiger partial charge in [-0.3, -0.25) is 9.59 Å². The van der Waals surface area contributed by atoms with Crippen molar-refractivity contribution in [1.29, 1.82) is 0 Å². The predicted molar refractivity (Wildman–Crippen MR) is 85.9 cm³/mol. The van der Waals surface area contributed by atoms with Crippen LogP contribution in [-0.2, 0) is 11.2 Å². The molecule has 3 rings (SSSR count). The largest absolute Gasteiger partial charge is 0.441 e. The van der Waals surface area contributed by atoms with Gasteiger partial charge < -0.3 is 15.5 Å². The first-order valence-corrected chi connectivity index (χ1v) is 7.16. The third kappa shape index (κ3) is 3.55. The third-order valence-electron chi connectivity index (χ3n) is 3.36. The Kier molecular flexibility index (Phi) is 4.05. The van der Waals surface area contributed by atoms with Crippen molar-refractivity contribution in [2.45, 2.75) is 12.8 Å². The molecule has 3 aromatic rings. The van der Waals surface area contributed by atoms with Crippen molar-refractivity contribution in [2.75, 3.05) is 5.32 Å². The van der Waals surface area contributed by atoms with Gasteiger partial charge in [-0.25, -0.2) is 4.98 Å². The second-order valence-corrected chi connectivity index (χ2v) is 5.07. The highest BCUT2D eigenvalue weighted by molar-refractivity contribution is 5.94. The number of aryl methyl sites for hydroxylation is 1. The fourth-order valence-electron chi connectivity index (χ4n) is 2.19. The van der Waals surface area contributed by atoms with Crippen molar-refractivity contribution in [3.63, 3.8) is 0 Å². The van der Waals surface area contributed by atoms with E-state index in [1.807, 2.05) is 24.3 Å². The molecule has 6 heteroatoms. The molecule has 2 aromatic carbocycles. The lowest BCUT2D eigenvalue weighted by Gasteiger charge is -2.04. The van der Waals surface area contributed by atoms with Gasteiger partial charge in [-0.1, -0.05) is 12.1 Å². The molecule has 0 saturated heterocycles. The molecule has 23 heavy (non-hydrogen) atoms. The number of benzene rings is 2. The summed E-state index contributed by atoms with van der Waals surface area (Å²) >= 11 is 0. The second kappa shape index (κ2) is 6.31. The van der Waals surface area contributed by atoms with Gasteiger partial charge in [0.25, 0.3) is 0 Å². The smallest absolute Gasteiger partial charge is 0.248 e. The van der Waals surface area contributed by atoms with Crippen molar-refractivity contribution in [3.8, 4) is 0 Å². The molecule has 2 amide bonds. The molecule has 1 heterocycles. The van der Waals surface area contributed by atoms with Crippen LogP contribution in [-0.4, -0.2) is 16.8 Å². The van der Waals surface area contributed by atoms with Crippen molar-refractivity contribution in [3.05, 3.63) is 60.0 Å². The number of carbonyl (C=O) groups is 2. The Balaban J connectivity index is 1.57. The summed E-state index contributed by atoms with van der Waals surface area (Å²) in [4.78, 5) is 27.3. The summed E-state index contributed by atoms with van der Waals surface area (Å²) in [6, 6.07) is 13.9. The number of aromatic nitrogens is 1. The number of nitrogens with one attached hydrogen (secondary N) is 1. The monoisotopic (exact) mass is 309 g/mol. The number of amides is 2. The van der Waals surface area contributed by atoms with Crippen molar-refractivity contribution < 1.29 is 14.0 Å².